The van der Waals surface area contributed by atoms with Gasteiger partial charge in [-0.2, -0.15) is 13.2 Å². The van der Waals surface area contributed by atoms with E-state index in [1.165, 1.54) is 0 Å². The predicted octanol–water partition coefficient (Wildman–Crippen LogP) is 3.79. The molecule has 9 heteroatoms. The zero-order valence-corrected chi connectivity index (χ0v) is 19.1. The first kappa shape index (κ1) is 24.0. The van der Waals surface area contributed by atoms with E-state index in [4.69, 9.17) is 9.47 Å². The van der Waals surface area contributed by atoms with E-state index in [1.807, 2.05) is 19.1 Å². The minimum Gasteiger partial charge on any atom is -0.462 e. The Bertz CT molecular complexity index is 867. The van der Waals surface area contributed by atoms with Gasteiger partial charge in [-0.3, -0.25) is 9.69 Å². The zero-order chi connectivity index (χ0) is 23.8. The summed E-state index contributed by atoms with van der Waals surface area (Å²) in [5, 5.41) is 0. The molecule has 33 heavy (non-hydrogen) atoms. The highest BCUT2D eigenvalue weighted by Crippen LogP contribution is 2.45. The lowest BCUT2D eigenvalue weighted by Gasteiger charge is -2.54. The normalized spacial score (nSPS) is 26.5. The van der Waals surface area contributed by atoms with E-state index in [2.05, 4.69) is 4.90 Å². The zero-order valence-electron chi connectivity index (χ0n) is 19.1. The van der Waals surface area contributed by atoms with Gasteiger partial charge in [-0.15, -0.1) is 0 Å². The molecule has 0 N–H and O–H groups in total. The van der Waals surface area contributed by atoms with Gasteiger partial charge in [-0.25, -0.2) is 4.79 Å². The minimum atomic E-state index is -4.85. The number of carbonyl (C=O) groups is 2. The summed E-state index contributed by atoms with van der Waals surface area (Å²) in [4.78, 5) is 27.4. The summed E-state index contributed by atoms with van der Waals surface area (Å²) in [6, 6.07) is 6.47. The third-order valence-electron chi connectivity index (χ3n) is 7.00. The first-order valence-corrected chi connectivity index (χ1v) is 11.7. The maximum absolute atomic E-state index is 13.3. The molecule has 3 aliphatic rings. The molecule has 1 aromatic rings. The largest absolute Gasteiger partial charge is 0.471 e. The van der Waals surface area contributed by atoms with E-state index in [0.29, 0.717) is 57.7 Å². The average Bonchev–Trinajstić information content (AvgIpc) is 3.52. The number of ether oxygens (including phenoxy) is 2. The molecule has 2 saturated heterocycles. The Labute approximate surface area is 192 Å². The lowest BCUT2D eigenvalue weighted by Crippen LogP contribution is -2.67. The van der Waals surface area contributed by atoms with Crippen molar-refractivity contribution in [3.63, 3.8) is 0 Å². The first-order chi connectivity index (χ1) is 15.7. The molecular formula is C24H31F3N2O4. The molecule has 1 amide bonds. The van der Waals surface area contributed by atoms with Crippen LogP contribution in [0.1, 0.15) is 55.5 Å². The summed E-state index contributed by atoms with van der Waals surface area (Å²) >= 11 is 0. The smallest absolute Gasteiger partial charge is 0.462 e. The molecule has 2 heterocycles. The molecule has 3 fully saturated rings. The second kappa shape index (κ2) is 9.25. The molecule has 1 aromatic carbocycles. The molecular weight excluding hydrogens is 437 g/mol. The summed E-state index contributed by atoms with van der Waals surface area (Å²) in [7, 11) is 0. The Morgan fingerprint density at radius 3 is 2.48 bits per heavy atom. The van der Waals surface area contributed by atoms with Gasteiger partial charge in [0, 0.05) is 38.3 Å². The van der Waals surface area contributed by atoms with Crippen LogP contribution in [0.25, 0.3) is 0 Å². The molecule has 1 aliphatic carbocycles. The van der Waals surface area contributed by atoms with Gasteiger partial charge in [0.1, 0.15) is 0 Å². The number of rotatable bonds is 7. The van der Waals surface area contributed by atoms with Crippen LogP contribution in [-0.2, 0) is 20.8 Å². The van der Waals surface area contributed by atoms with E-state index in [-0.39, 0.29) is 17.9 Å². The fourth-order valence-corrected chi connectivity index (χ4v) is 5.30. The highest BCUT2D eigenvalue weighted by molar-refractivity contribution is 5.89. The SMILES string of the molecule is CCOC(=O)c1ccc(CN2CC3(CC(N(C(=O)C(F)(F)F)[C@@H]4C[C@H]4CC)CCO3)C2)cc1. The molecule has 1 unspecified atom stereocenters. The molecule has 0 radical (unpaired) electrons. The van der Waals surface area contributed by atoms with Crippen LogP contribution in [0.2, 0.25) is 0 Å². The molecule has 6 nitrogen and oxygen atoms in total. The number of nitrogens with zero attached hydrogens (tertiary/aromatic N) is 2. The van der Waals surface area contributed by atoms with Crippen molar-refractivity contribution in [1.82, 2.24) is 9.80 Å². The van der Waals surface area contributed by atoms with Crippen LogP contribution in [-0.4, -0.2) is 71.8 Å². The lowest BCUT2D eigenvalue weighted by atomic mass is 9.82. The number of carbonyl (C=O) groups excluding carboxylic acids is 2. The van der Waals surface area contributed by atoms with Crippen molar-refractivity contribution >= 4 is 11.9 Å². The number of likely N-dealkylation sites (tertiary alicyclic amines) is 1. The Kier molecular flexibility index (Phi) is 6.73. The number of hydrogen-bond acceptors (Lipinski definition) is 5. The molecule has 3 atom stereocenters. The topological polar surface area (TPSA) is 59.1 Å². The van der Waals surface area contributed by atoms with Gasteiger partial charge in [0.05, 0.1) is 17.8 Å². The van der Waals surface area contributed by atoms with E-state index in [1.54, 1.807) is 19.1 Å². The summed E-state index contributed by atoms with van der Waals surface area (Å²) < 4.78 is 51.0. The van der Waals surface area contributed by atoms with Gasteiger partial charge in [0.15, 0.2) is 0 Å². The van der Waals surface area contributed by atoms with Crippen molar-refractivity contribution in [3.05, 3.63) is 35.4 Å². The summed E-state index contributed by atoms with van der Waals surface area (Å²) in [5.41, 5.74) is 1.02. The van der Waals surface area contributed by atoms with Crippen molar-refractivity contribution in [2.45, 2.75) is 69.9 Å². The Morgan fingerprint density at radius 2 is 1.91 bits per heavy atom. The maximum Gasteiger partial charge on any atom is 0.471 e. The third kappa shape index (κ3) is 5.19. The summed E-state index contributed by atoms with van der Waals surface area (Å²) in [5.74, 6) is -1.90. The van der Waals surface area contributed by atoms with Crippen LogP contribution in [0.15, 0.2) is 24.3 Å². The Morgan fingerprint density at radius 1 is 1.21 bits per heavy atom. The van der Waals surface area contributed by atoms with E-state index < -0.39 is 23.7 Å². The molecule has 4 rings (SSSR count). The second-order valence-corrected chi connectivity index (χ2v) is 9.42. The molecule has 1 saturated carbocycles. The van der Waals surface area contributed by atoms with Gasteiger partial charge in [-0.1, -0.05) is 25.5 Å². The van der Waals surface area contributed by atoms with Crippen molar-refractivity contribution in [1.29, 1.82) is 0 Å². The summed E-state index contributed by atoms with van der Waals surface area (Å²) in [6.45, 7) is 6.27. The summed E-state index contributed by atoms with van der Waals surface area (Å²) in [6.07, 6.45) is -2.56. The number of alkyl halides is 3. The highest BCUT2D eigenvalue weighted by atomic mass is 19.4. The molecule has 182 valence electrons. The molecule has 2 aliphatic heterocycles. The van der Waals surface area contributed by atoms with Crippen LogP contribution < -0.4 is 0 Å². The van der Waals surface area contributed by atoms with Gasteiger partial charge in [0.25, 0.3) is 0 Å². The van der Waals surface area contributed by atoms with Crippen LogP contribution in [0, 0.1) is 5.92 Å². The number of halogens is 3. The average molecular weight is 469 g/mol. The van der Waals surface area contributed by atoms with Gasteiger partial charge < -0.3 is 14.4 Å². The van der Waals surface area contributed by atoms with Gasteiger partial charge in [-0.05, 0) is 49.8 Å². The number of benzene rings is 1. The van der Waals surface area contributed by atoms with Crippen LogP contribution in [0.3, 0.4) is 0 Å². The second-order valence-electron chi connectivity index (χ2n) is 9.42. The van der Waals surface area contributed by atoms with E-state index >= 15 is 0 Å². The van der Waals surface area contributed by atoms with Crippen LogP contribution in [0.5, 0.6) is 0 Å². The minimum absolute atomic E-state index is 0.158. The van der Waals surface area contributed by atoms with Gasteiger partial charge in [0.2, 0.25) is 0 Å². The Hall–Kier alpha value is -2.13. The fourth-order valence-electron chi connectivity index (χ4n) is 5.30. The molecule has 0 bridgehead atoms. The number of amides is 1. The number of esters is 1. The van der Waals surface area contributed by atoms with Crippen LogP contribution >= 0.6 is 0 Å². The highest BCUT2D eigenvalue weighted by Gasteiger charge is 2.56. The Balaban J connectivity index is 1.36. The fraction of sp³-hybridized carbons (Fsp3) is 0.667. The van der Waals surface area contributed by atoms with E-state index in [0.717, 1.165) is 16.9 Å². The first-order valence-electron chi connectivity index (χ1n) is 11.7. The predicted molar refractivity (Wildman–Crippen MR) is 114 cm³/mol. The van der Waals surface area contributed by atoms with Gasteiger partial charge >= 0.3 is 18.1 Å². The van der Waals surface area contributed by atoms with Crippen molar-refractivity contribution in [2.75, 3.05) is 26.3 Å². The third-order valence-corrected chi connectivity index (χ3v) is 7.00. The molecule has 0 aromatic heterocycles. The van der Waals surface area contributed by atoms with Crippen molar-refractivity contribution in [2.24, 2.45) is 5.92 Å². The van der Waals surface area contributed by atoms with Crippen molar-refractivity contribution in [3.8, 4) is 0 Å². The van der Waals surface area contributed by atoms with Crippen molar-refractivity contribution < 1.29 is 32.2 Å². The maximum atomic E-state index is 13.3. The number of hydrogen-bond donors (Lipinski definition) is 0. The van der Waals surface area contributed by atoms with E-state index in [9.17, 15) is 22.8 Å². The van der Waals surface area contributed by atoms with Crippen LogP contribution in [0.4, 0.5) is 13.2 Å². The molecule has 1 spiro atoms. The standard InChI is InChI=1S/C24H31F3N2O4/c1-3-17-11-20(17)29(22(31)24(25,26)27)19-9-10-33-23(12-19)14-28(15-23)13-16-5-7-18(8-6-16)21(30)32-4-2/h5-8,17,19-20H,3-4,9-15H2,1-2H3/t17-,19?,20-/m1/s1. The quantitative estimate of drug-likeness (QED) is 0.570. The monoisotopic (exact) mass is 468 g/mol. The lowest BCUT2D eigenvalue weighted by molar-refractivity contribution is -0.205.